The van der Waals surface area contributed by atoms with Gasteiger partial charge in [0.2, 0.25) is 5.95 Å². The minimum absolute atomic E-state index is 0.0176. The van der Waals surface area contributed by atoms with E-state index < -0.39 is 31.1 Å². The minimum atomic E-state index is -1.23. The van der Waals surface area contributed by atoms with Crippen LogP contribution in [0.1, 0.15) is 6.23 Å². The molecule has 20 heavy (non-hydrogen) atoms. The Kier molecular flexibility index (Phi) is 3.18. The summed E-state index contributed by atoms with van der Waals surface area (Å²) in [6.07, 6.45) is -2.88. The first-order valence-electron chi connectivity index (χ1n) is 5.82. The number of nitrogen functional groups attached to an aromatic ring is 1. The molecule has 0 unspecified atom stereocenters. The SMILES string of the molecule is Nc1nc([S-])c2ncn([C@H]3O[C@@H](CO)[C@@H](O)[C@H]3O)c2n1. The normalized spacial score (nSPS) is 30.1. The third-order valence-corrected chi connectivity index (χ3v) is 3.48. The topological polar surface area (TPSA) is 140 Å². The van der Waals surface area contributed by atoms with Crippen LogP contribution >= 0.6 is 0 Å². The van der Waals surface area contributed by atoms with Crippen molar-refractivity contribution in [3.8, 4) is 0 Å². The summed E-state index contributed by atoms with van der Waals surface area (Å²) in [5, 5.41) is 29.0. The van der Waals surface area contributed by atoms with E-state index in [2.05, 4.69) is 15.0 Å². The lowest BCUT2D eigenvalue weighted by Gasteiger charge is -2.17. The van der Waals surface area contributed by atoms with Gasteiger partial charge >= 0.3 is 0 Å². The first kappa shape index (κ1) is 13.4. The second kappa shape index (κ2) is 4.75. The number of nitrogens with two attached hydrogens (primary N) is 1. The molecular weight excluding hydrogens is 286 g/mol. The van der Waals surface area contributed by atoms with Gasteiger partial charge in [0.15, 0.2) is 11.9 Å². The van der Waals surface area contributed by atoms with Gasteiger partial charge in [-0.2, -0.15) is 4.98 Å². The Morgan fingerprint density at radius 1 is 1.35 bits per heavy atom. The molecule has 4 atom stereocenters. The van der Waals surface area contributed by atoms with E-state index in [0.717, 1.165) is 0 Å². The molecule has 3 heterocycles. The van der Waals surface area contributed by atoms with Crippen LogP contribution in [0.25, 0.3) is 11.2 Å². The third-order valence-electron chi connectivity index (χ3n) is 3.20. The third kappa shape index (κ3) is 1.89. The molecular formula is C10H12N5O4S-. The van der Waals surface area contributed by atoms with Crippen LogP contribution < -0.4 is 5.73 Å². The zero-order valence-electron chi connectivity index (χ0n) is 10.1. The van der Waals surface area contributed by atoms with Gasteiger partial charge in [-0.15, -0.1) is 0 Å². The zero-order chi connectivity index (χ0) is 14.4. The molecule has 0 bridgehead atoms. The quantitative estimate of drug-likeness (QED) is 0.363. The fourth-order valence-electron chi connectivity index (χ4n) is 2.20. The Hall–Kier alpha value is -1.59. The Morgan fingerprint density at radius 3 is 2.75 bits per heavy atom. The van der Waals surface area contributed by atoms with Gasteiger partial charge in [-0.3, -0.25) is 4.57 Å². The van der Waals surface area contributed by atoms with Crippen LogP contribution in [0.15, 0.2) is 11.4 Å². The molecule has 5 N–H and O–H groups in total. The van der Waals surface area contributed by atoms with Crippen molar-refractivity contribution >= 4 is 29.7 Å². The van der Waals surface area contributed by atoms with Crippen molar-refractivity contribution < 1.29 is 20.1 Å². The zero-order valence-corrected chi connectivity index (χ0v) is 10.9. The maximum atomic E-state index is 9.99. The summed E-state index contributed by atoms with van der Waals surface area (Å²) in [6, 6.07) is 0. The van der Waals surface area contributed by atoms with E-state index in [9.17, 15) is 10.2 Å². The van der Waals surface area contributed by atoms with Crippen molar-refractivity contribution in [1.82, 2.24) is 19.5 Å². The van der Waals surface area contributed by atoms with Gasteiger partial charge in [-0.25, -0.2) is 9.97 Å². The number of hydrogen-bond acceptors (Lipinski definition) is 9. The standard InChI is InChI=1S/C10H13N5O4S/c11-10-13-7-4(8(20)14-10)12-2-15(7)9-6(18)5(17)3(1-16)19-9/h2-3,5-6,9,16-18H,1H2,(H3,11,13,14,20)/p-1/t3-,5+,6+,9-/m0/s1. The first-order valence-corrected chi connectivity index (χ1v) is 6.23. The summed E-state index contributed by atoms with van der Waals surface area (Å²) in [5.41, 5.74) is 6.20. The monoisotopic (exact) mass is 298 g/mol. The van der Waals surface area contributed by atoms with Gasteiger partial charge < -0.3 is 38.4 Å². The van der Waals surface area contributed by atoms with Crippen molar-refractivity contribution in [2.24, 2.45) is 0 Å². The van der Waals surface area contributed by atoms with Crippen molar-refractivity contribution in [3.05, 3.63) is 6.33 Å². The summed E-state index contributed by atoms with van der Waals surface area (Å²) >= 11 is 5.03. The molecule has 108 valence electrons. The van der Waals surface area contributed by atoms with Gasteiger partial charge in [0.25, 0.3) is 0 Å². The van der Waals surface area contributed by atoms with Crippen LogP contribution in [0.3, 0.4) is 0 Å². The predicted molar refractivity (Wildman–Crippen MR) is 68.4 cm³/mol. The fourth-order valence-corrected chi connectivity index (χ4v) is 2.44. The summed E-state index contributed by atoms with van der Waals surface area (Å²) in [6.45, 7) is -0.412. The van der Waals surface area contributed by atoms with Crippen LogP contribution in [0.4, 0.5) is 5.95 Å². The van der Waals surface area contributed by atoms with Crippen LogP contribution in [-0.4, -0.2) is 59.8 Å². The Balaban J connectivity index is 2.07. The van der Waals surface area contributed by atoms with E-state index in [0.29, 0.717) is 11.2 Å². The van der Waals surface area contributed by atoms with Crippen molar-refractivity contribution in [2.75, 3.05) is 12.3 Å². The van der Waals surface area contributed by atoms with Crippen molar-refractivity contribution in [3.63, 3.8) is 0 Å². The van der Waals surface area contributed by atoms with Gasteiger partial charge in [0.1, 0.15) is 23.8 Å². The van der Waals surface area contributed by atoms with E-state index in [4.69, 9.17) is 28.2 Å². The highest BCUT2D eigenvalue weighted by atomic mass is 32.1. The average molecular weight is 298 g/mol. The highest BCUT2D eigenvalue weighted by Crippen LogP contribution is 2.31. The molecule has 2 aromatic heterocycles. The van der Waals surface area contributed by atoms with Gasteiger partial charge in [-0.05, 0) is 5.03 Å². The summed E-state index contributed by atoms with van der Waals surface area (Å²) in [5.74, 6) is -0.0176. The number of rotatable bonds is 2. The van der Waals surface area contributed by atoms with Gasteiger partial charge in [0.05, 0.1) is 12.9 Å². The number of aromatic nitrogens is 4. The lowest BCUT2D eigenvalue weighted by Crippen LogP contribution is -2.33. The molecule has 1 aliphatic heterocycles. The maximum Gasteiger partial charge on any atom is 0.220 e. The lowest BCUT2D eigenvalue weighted by molar-refractivity contribution is -0.0511. The lowest BCUT2D eigenvalue weighted by atomic mass is 10.1. The van der Waals surface area contributed by atoms with E-state index in [1.165, 1.54) is 10.9 Å². The summed E-state index contributed by atoms with van der Waals surface area (Å²) in [7, 11) is 0. The molecule has 0 aliphatic carbocycles. The van der Waals surface area contributed by atoms with Crippen LogP contribution in [-0.2, 0) is 17.4 Å². The minimum Gasteiger partial charge on any atom is -0.758 e. The number of anilines is 1. The van der Waals surface area contributed by atoms with Crippen LogP contribution in [0, 0.1) is 0 Å². The summed E-state index contributed by atoms with van der Waals surface area (Å²) in [4.78, 5) is 11.9. The number of hydrogen-bond donors (Lipinski definition) is 4. The van der Waals surface area contributed by atoms with Crippen LogP contribution in [0.2, 0.25) is 0 Å². The fraction of sp³-hybridized carbons (Fsp3) is 0.500. The van der Waals surface area contributed by atoms with Crippen molar-refractivity contribution in [2.45, 2.75) is 29.6 Å². The number of aliphatic hydroxyl groups excluding tert-OH is 3. The predicted octanol–water partition coefficient (Wildman–Crippen LogP) is -2.07. The molecule has 9 nitrogen and oxygen atoms in total. The molecule has 1 fully saturated rings. The summed E-state index contributed by atoms with van der Waals surface area (Å²) < 4.78 is 6.81. The van der Waals surface area contributed by atoms with Crippen LogP contribution in [0.5, 0.6) is 0 Å². The van der Waals surface area contributed by atoms with E-state index in [-0.39, 0.29) is 11.0 Å². The molecule has 1 saturated heterocycles. The highest BCUT2D eigenvalue weighted by molar-refractivity contribution is 7.59. The number of ether oxygens (including phenoxy) is 1. The van der Waals surface area contributed by atoms with E-state index in [1.807, 2.05) is 0 Å². The van der Waals surface area contributed by atoms with Gasteiger partial charge in [-0.1, -0.05) is 0 Å². The maximum absolute atomic E-state index is 9.99. The first-order chi connectivity index (χ1) is 9.52. The molecule has 3 rings (SSSR count). The van der Waals surface area contributed by atoms with Gasteiger partial charge in [0, 0.05) is 0 Å². The Labute approximate surface area is 118 Å². The molecule has 0 aromatic carbocycles. The molecule has 0 spiro atoms. The molecule has 10 heteroatoms. The molecule has 0 saturated carbocycles. The largest absolute Gasteiger partial charge is 0.758 e. The Morgan fingerprint density at radius 2 is 2.10 bits per heavy atom. The van der Waals surface area contributed by atoms with Crippen molar-refractivity contribution in [1.29, 1.82) is 0 Å². The molecule has 2 aromatic rings. The number of nitrogens with zero attached hydrogens (tertiary/aromatic N) is 4. The second-order valence-corrected chi connectivity index (χ2v) is 4.83. The smallest absolute Gasteiger partial charge is 0.220 e. The molecule has 0 amide bonds. The number of fused-ring (bicyclic) bond motifs is 1. The second-order valence-electron chi connectivity index (χ2n) is 4.44. The molecule has 0 radical (unpaired) electrons. The van der Waals surface area contributed by atoms with E-state index in [1.54, 1.807) is 0 Å². The highest BCUT2D eigenvalue weighted by Gasteiger charge is 2.43. The number of aliphatic hydroxyl groups is 3. The van der Waals surface area contributed by atoms with E-state index >= 15 is 0 Å². The average Bonchev–Trinajstić information content (AvgIpc) is 2.93. The Bertz CT molecular complexity index is 650. The number of imidazole rings is 1. The molecule has 1 aliphatic rings.